The van der Waals surface area contributed by atoms with E-state index in [-0.39, 0.29) is 5.97 Å². The number of benzene rings is 1. The first-order valence-electron chi connectivity index (χ1n) is 6.19. The smallest absolute Gasteiger partial charge is 0.336 e. The topological polar surface area (TPSA) is 158 Å². The van der Waals surface area contributed by atoms with Crippen LogP contribution in [0.25, 0.3) is 0 Å². The van der Waals surface area contributed by atoms with E-state index in [1.54, 1.807) is 12.1 Å². The van der Waals surface area contributed by atoms with Crippen molar-refractivity contribution >= 4 is 23.9 Å². The fourth-order valence-corrected chi connectivity index (χ4v) is 1.37. The van der Waals surface area contributed by atoms with Gasteiger partial charge in [0.25, 0.3) is 0 Å². The lowest BCUT2D eigenvalue weighted by Gasteiger charge is -2.18. The minimum atomic E-state index is -2.74. The van der Waals surface area contributed by atoms with Crippen LogP contribution in [0, 0.1) is 0 Å². The van der Waals surface area contributed by atoms with Crippen molar-refractivity contribution < 1.29 is 44.3 Å². The molecule has 126 valence electrons. The van der Waals surface area contributed by atoms with Gasteiger partial charge in [-0.2, -0.15) is 0 Å². The van der Waals surface area contributed by atoms with Gasteiger partial charge in [0.05, 0.1) is 12.8 Å². The normalized spacial score (nSPS) is 10.0. The summed E-state index contributed by atoms with van der Waals surface area (Å²) < 4.78 is 4.78. The molecule has 0 heterocycles. The highest BCUT2D eigenvalue weighted by Crippen LogP contribution is 2.15. The average Bonchev–Trinajstić information content (AvgIpc) is 2.37. The molecule has 0 aliphatic carbocycles. The lowest BCUT2D eigenvalue weighted by atomic mass is 9.96. The van der Waals surface area contributed by atoms with E-state index in [1.807, 2.05) is 18.2 Å². The SMILES string of the molecule is CC(=O)Oc1ccccc1.O=C(O)CC(O)(CC(=O)O)C(=O)O. The van der Waals surface area contributed by atoms with Gasteiger partial charge < -0.3 is 25.2 Å². The Morgan fingerprint density at radius 3 is 1.70 bits per heavy atom. The van der Waals surface area contributed by atoms with Crippen molar-refractivity contribution in [3.8, 4) is 5.75 Å². The number of hydrogen-bond donors (Lipinski definition) is 4. The second kappa shape index (κ2) is 9.15. The maximum absolute atomic E-state index is 10.4. The number of hydrogen-bond acceptors (Lipinski definition) is 6. The predicted octanol–water partition coefficient (Wildman–Crippen LogP) is 0.363. The Morgan fingerprint density at radius 1 is 0.957 bits per heavy atom. The van der Waals surface area contributed by atoms with E-state index < -0.39 is 36.4 Å². The zero-order valence-corrected chi connectivity index (χ0v) is 12.1. The third kappa shape index (κ3) is 8.83. The summed E-state index contributed by atoms with van der Waals surface area (Å²) in [5.41, 5.74) is -2.74. The summed E-state index contributed by atoms with van der Waals surface area (Å²) in [6.45, 7) is 1.38. The summed E-state index contributed by atoms with van der Waals surface area (Å²) in [6.07, 6.45) is -2.29. The Balaban J connectivity index is 0.000000433. The number of carbonyl (C=O) groups excluding carboxylic acids is 1. The average molecular weight is 328 g/mol. The van der Waals surface area contributed by atoms with Gasteiger partial charge in [-0.1, -0.05) is 18.2 Å². The van der Waals surface area contributed by atoms with E-state index in [0.29, 0.717) is 5.75 Å². The fourth-order valence-electron chi connectivity index (χ4n) is 1.37. The molecule has 0 aromatic heterocycles. The number of aliphatic hydroxyl groups is 1. The molecular weight excluding hydrogens is 312 g/mol. The van der Waals surface area contributed by atoms with E-state index in [0.717, 1.165) is 0 Å². The van der Waals surface area contributed by atoms with Gasteiger partial charge in [0.15, 0.2) is 5.60 Å². The molecule has 0 unspecified atom stereocenters. The maximum atomic E-state index is 10.4. The highest BCUT2D eigenvalue weighted by Gasteiger charge is 2.40. The zero-order valence-electron chi connectivity index (χ0n) is 12.1. The minimum absolute atomic E-state index is 0.286. The highest BCUT2D eigenvalue weighted by molar-refractivity contribution is 5.88. The predicted molar refractivity (Wildman–Crippen MR) is 74.8 cm³/mol. The van der Waals surface area contributed by atoms with Crippen LogP contribution in [0.3, 0.4) is 0 Å². The van der Waals surface area contributed by atoms with Crippen molar-refractivity contribution in [2.75, 3.05) is 0 Å². The summed E-state index contributed by atoms with van der Waals surface area (Å²) >= 11 is 0. The molecular formula is C14H16O9. The Bertz CT molecular complexity index is 549. The molecule has 9 nitrogen and oxygen atoms in total. The Labute approximate surface area is 130 Å². The van der Waals surface area contributed by atoms with Gasteiger partial charge in [-0.05, 0) is 12.1 Å². The number of carboxylic acid groups (broad SMARTS) is 3. The summed E-state index contributed by atoms with van der Waals surface area (Å²) in [4.78, 5) is 40.9. The number of carboxylic acids is 3. The Hall–Kier alpha value is -2.94. The number of rotatable bonds is 6. The van der Waals surface area contributed by atoms with Gasteiger partial charge in [0.2, 0.25) is 0 Å². The molecule has 1 aromatic carbocycles. The van der Waals surface area contributed by atoms with E-state index in [1.165, 1.54) is 6.92 Å². The van der Waals surface area contributed by atoms with Crippen molar-refractivity contribution in [2.45, 2.75) is 25.4 Å². The Morgan fingerprint density at radius 2 is 1.39 bits per heavy atom. The molecule has 0 aliphatic heterocycles. The second-order valence-electron chi connectivity index (χ2n) is 4.38. The lowest BCUT2D eigenvalue weighted by Crippen LogP contribution is -2.42. The molecule has 0 spiro atoms. The van der Waals surface area contributed by atoms with E-state index >= 15 is 0 Å². The molecule has 0 saturated carbocycles. The van der Waals surface area contributed by atoms with Gasteiger partial charge in [-0.3, -0.25) is 14.4 Å². The van der Waals surface area contributed by atoms with Gasteiger partial charge in [0, 0.05) is 6.92 Å². The number of esters is 1. The zero-order chi connectivity index (χ0) is 18.0. The molecule has 1 rings (SSSR count). The van der Waals surface area contributed by atoms with Gasteiger partial charge in [-0.15, -0.1) is 0 Å². The van der Waals surface area contributed by atoms with Crippen LogP contribution in [0.1, 0.15) is 19.8 Å². The highest BCUT2D eigenvalue weighted by atomic mass is 16.5. The molecule has 0 amide bonds. The minimum Gasteiger partial charge on any atom is -0.481 e. The number of carbonyl (C=O) groups is 4. The summed E-state index contributed by atoms with van der Waals surface area (Å²) in [5.74, 6) is -4.71. The van der Waals surface area contributed by atoms with Crippen LogP contribution in [0.4, 0.5) is 0 Å². The standard InChI is InChI=1S/C8H8O2.C6H8O7/c1-7(9)10-8-5-3-2-4-6-8;7-3(8)1-6(13,5(11)12)2-4(9)10/h2-6H,1H3;13H,1-2H2,(H,7,8)(H,9,10)(H,11,12). The molecule has 0 aliphatic rings. The largest absolute Gasteiger partial charge is 0.481 e. The van der Waals surface area contributed by atoms with E-state index in [4.69, 9.17) is 25.2 Å². The van der Waals surface area contributed by atoms with Crippen molar-refractivity contribution in [3.63, 3.8) is 0 Å². The second-order valence-corrected chi connectivity index (χ2v) is 4.38. The van der Waals surface area contributed by atoms with Crippen LogP contribution in [0.5, 0.6) is 5.75 Å². The molecule has 9 heteroatoms. The summed E-state index contributed by atoms with van der Waals surface area (Å²) in [6, 6.07) is 8.98. The quantitative estimate of drug-likeness (QED) is 0.427. The molecule has 0 bridgehead atoms. The van der Waals surface area contributed by atoms with Crippen LogP contribution < -0.4 is 4.74 Å². The van der Waals surface area contributed by atoms with Gasteiger partial charge >= 0.3 is 23.9 Å². The molecule has 0 radical (unpaired) electrons. The van der Waals surface area contributed by atoms with Crippen LogP contribution >= 0.6 is 0 Å². The summed E-state index contributed by atoms with van der Waals surface area (Å²) in [7, 11) is 0. The van der Waals surface area contributed by atoms with Crippen molar-refractivity contribution in [3.05, 3.63) is 30.3 Å². The number of para-hydroxylation sites is 1. The Kier molecular flexibility index (Phi) is 7.98. The first-order valence-corrected chi connectivity index (χ1v) is 6.19. The van der Waals surface area contributed by atoms with E-state index in [2.05, 4.69) is 0 Å². The van der Waals surface area contributed by atoms with Crippen LogP contribution in [-0.4, -0.2) is 49.9 Å². The molecule has 4 N–H and O–H groups in total. The van der Waals surface area contributed by atoms with Crippen LogP contribution in [0.2, 0.25) is 0 Å². The third-order valence-electron chi connectivity index (χ3n) is 2.29. The third-order valence-corrected chi connectivity index (χ3v) is 2.29. The van der Waals surface area contributed by atoms with E-state index in [9.17, 15) is 19.2 Å². The maximum Gasteiger partial charge on any atom is 0.336 e. The fraction of sp³-hybridized carbons (Fsp3) is 0.286. The monoisotopic (exact) mass is 328 g/mol. The molecule has 23 heavy (non-hydrogen) atoms. The van der Waals surface area contributed by atoms with Crippen molar-refractivity contribution in [1.29, 1.82) is 0 Å². The van der Waals surface area contributed by atoms with Gasteiger partial charge in [-0.25, -0.2) is 4.79 Å². The summed E-state index contributed by atoms with van der Waals surface area (Å²) in [5, 5.41) is 33.8. The van der Waals surface area contributed by atoms with Gasteiger partial charge in [0.1, 0.15) is 5.75 Å². The molecule has 0 atom stereocenters. The van der Waals surface area contributed by atoms with Crippen LogP contribution in [0.15, 0.2) is 30.3 Å². The first kappa shape index (κ1) is 20.1. The molecule has 0 saturated heterocycles. The lowest BCUT2D eigenvalue weighted by molar-refractivity contribution is -0.170. The van der Waals surface area contributed by atoms with Crippen molar-refractivity contribution in [2.24, 2.45) is 0 Å². The first-order chi connectivity index (χ1) is 10.6. The number of ether oxygens (including phenoxy) is 1. The molecule has 1 aromatic rings. The number of aliphatic carboxylic acids is 3. The van der Waals surface area contributed by atoms with Crippen LogP contribution in [-0.2, 0) is 19.2 Å². The van der Waals surface area contributed by atoms with Crippen molar-refractivity contribution in [1.82, 2.24) is 0 Å². The molecule has 0 fully saturated rings.